The Balaban J connectivity index is 2.48. The van der Waals surface area contributed by atoms with Gasteiger partial charge in [-0.25, -0.2) is 0 Å². The van der Waals surface area contributed by atoms with Crippen LogP contribution in [0.2, 0.25) is 0 Å². The monoisotopic (exact) mass is 237 g/mol. The Labute approximate surface area is 108 Å². The first-order valence-corrected chi connectivity index (χ1v) is 7.65. The lowest BCUT2D eigenvalue weighted by Gasteiger charge is -2.17. The lowest BCUT2D eigenvalue weighted by atomic mass is 9.93. The molecular formula is C16H31N. The van der Waals surface area contributed by atoms with Crippen LogP contribution in [-0.2, 0) is 0 Å². The molecule has 1 fully saturated rings. The van der Waals surface area contributed by atoms with E-state index in [2.05, 4.69) is 32.2 Å². The first-order valence-electron chi connectivity index (χ1n) is 7.65. The number of allylic oxidation sites excluding steroid dienone is 1. The maximum absolute atomic E-state index is 3.55. The van der Waals surface area contributed by atoms with Gasteiger partial charge in [0, 0.05) is 6.54 Å². The molecule has 0 aromatic heterocycles. The van der Waals surface area contributed by atoms with Crippen LogP contribution < -0.4 is 5.32 Å². The van der Waals surface area contributed by atoms with Gasteiger partial charge >= 0.3 is 0 Å². The van der Waals surface area contributed by atoms with Crippen molar-refractivity contribution < 1.29 is 0 Å². The normalized spacial score (nSPS) is 19.6. The maximum atomic E-state index is 3.55. The van der Waals surface area contributed by atoms with Gasteiger partial charge in [0.25, 0.3) is 0 Å². The third-order valence-electron chi connectivity index (χ3n) is 3.85. The Bertz CT molecular complexity index is 210. The Morgan fingerprint density at radius 1 is 1.18 bits per heavy atom. The van der Waals surface area contributed by atoms with Gasteiger partial charge in [-0.3, -0.25) is 0 Å². The van der Waals surface area contributed by atoms with Gasteiger partial charge in [0.2, 0.25) is 0 Å². The van der Waals surface area contributed by atoms with Gasteiger partial charge in [-0.15, -0.1) is 0 Å². The molecule has 1 heteroatoms. The van der Waals surface area contributed by atoms with Gasteiger partial charge in [-0.05, 0) is 37.6 Å². The first-order chi connectivity index (χ1) is 8.24. The SMILES string of the molecule is CCCNCC(=CC1CCCCCC1)C(C)C. The van der Waals surface area contributed by atoms with E-state index in [-0.39, 0.29) is 0 Å². The molecule has 0 bridgehead atoms. The molecule has 0 aromatic rings. The highest BCUT2D eigenvalue weighted by Crippen LogP contribution is 2.26. The van der Waals surface area contributed by atoms with Crippen molar-refractivity contribution in [3.63, 3.8) is 0 Å². The molecule has 0 saturated heterocycles. The fourth-order valence-electron chi connectivity index (χ4n) is 2.65. The number of hydrogen-bond acceptors (Lipinski definition) is 1. The van der Waals surface area contributed by atoms with Crippen LogP contribution in [0.25, 0.3) is 0 Å². The number of hydrogen-bond donors (Lipinski definition) is 1. The summed E-state index contributed by atoms with van der Waals surface area (Å²) in [6.07, 6.45) is 12.5. The van der Waals surface area contributed by atoms with Crippen molar-refractivity contribution in [2.75, 3.05) is 13.1 Å². The minimum absolute atomic E-state index is 0.697. The van der Waals surface area contributed by atoms with Gasteiger partial charge in [-0.1, -0.05) is 58.1 Å². The van der Waals surface area contributed by atoms with Crippen LogP contribution in [0, 0.1) is 11.8 Å². The molecule has 1 N–H and O–H groups in total. The van der Waals surface area contributed by atoms with Gasteiger partial charge < -0.3 is 5.32 Å². The standard InChI is InChI=1S/C16H31N/c1-4-11-17-13-16(14(2)3)12-15-9-7-5-6-8-10-15/h12,14-15,17H,4-11,13H2,1-3H3. The van der Waals surface area contributed by atoms with Crippen LogP contribution in [0.4, 0.5) is 0 Å². The fourth-order valence-corrected chi connectivity index (χ4v) is 2.65. The lowest BCUT2D eigenvalue weighted by Crippen LogP contribution is -2.20. The summed E-state index contributed by atoms with van der Waals surface area (Å²) in [7, 11) is 0. The second kappa shape index (κ2) is 8.74. The van der Waals surface area contributed by atoms with Crippen molar-refractivity contribution in [1.82, 2.24) is 5.32 Å². The van der Waals surface area contributed by atoms with Crippen LogP contribution >= 0.6 is 0 Å². The molecule has 1 aliphatic rings. The third-order valence-corrected chi connectivity index (χ3v) is 3.85. The molecular weight excluding hydrogens is 206 g/mol. The second-order valence-electron chi connectivity index (χ2n) is 5.82. The van der Waals surface area contributed by atoms with E-state index in [1.165, 1.54) is 44.9 Å². The van der Waals surface area contributed by atoms with E-state index in [0.717, 1.165) is 19.0 Å². The van der Waals surface area contributed by atoms with Gasteiger partial charge in [0.15, 0.2) is 0 Å². The summed E-state index contributed by atoms with van der Waals surface area (Å²) in [4.78, 5) is 0. The van der Waals surface area contributed by atoms with Gasteiger partial charge in [0.05, 0.1) is 0 Å². The molecule has 17 heavy (non-hydrogen) atoms. The highest BCUT2D eigenvalue weighted by Gasteiger charge is 2.12. The van der Waals surface area contributed by atoms with Crippen molar-refractivity contribution in [2.24, 2.45) is 11.8 Å². The molecule has 0 atom stereocenters. The van der Waals surface area contributed by atoms with E-state index < -0.39 is 0 Å². The Kier molecular flexibility index (Phi) is 7.59. The summed E-state index contributed by atoms with van der Waals surface area (Å²) in [5.74, 6) is 1.56. The summed E-state index contributed by atoms with van der Waals surface area (Å²) in [5, 5.41) is 3.55. The van der Waals surface area contributed by atoms with E-state index in [1.54, 1.807) is 5.57 Å². The van der Waals surface area contributed by atoms with Crippen LogP contribution in [0.5, 0.6) is 0 Å². The Morgan fingerprint density at radius 2 is 1.82 bits per heavy atom. The highest BCUT2D eigenvalue weighted by molar-refractivity contribution is 5.09. The maximum Gasteiger partial charge on any atom is 0.0167 e. The van der Waals surface area contributed by atoms with Crippen molar-refractivity contribution in [1.29, 1.82) is 0 Å². The zero-order valence-electron chi connectivity index (χ0n) is 12.1. The molecule has 0 aromatic carbocycles. The lowest BCUT2D eigenvalue weighted by molar-refractivity contribution is 0.542. The van der Waals surface area contributed by atoms with Crippen LogP contribution in [0.15, 0.2) is 11.6 Å². The van der Waals surface area contributed by atoms with E-state index in [9.17, 15) is 0 Å². The number of rotatable bonds is 6. The minimum atomic E-state index is 0.697. The van der Waals surface area contributed by atoms with Crippen LogP contribution in [0.1, 0.15) is 65.7 Å². The summed E-state index contributed by atoms with van der Waals surface area (Å²) >= 11 is 0. The molecule has 1 saturated carbocycles. The van der Waals surface area contributed by atoms with Gasteiger partial charge in [0.1, 0.15) is 0 Å². The molecule has 0 heterocycles. The average molecular weight is 237 g/mol. The summed E-state index contributed by atoms with van der Waals surface area (Å²) in [6, 6.07) is 0. The largest absolute Gasteiger partial charge is 0.313 e. The topological polar surface area (TPSA) is 12.0 Å². The average Bonchev–Trinajstić information content (AvgIpc) is 2.56. The molecule has 100 valence electrons. The number of nitrogens with one attached hydrogen (secondary N) is 1. The van der Waals surface area contributed by atoms with Crippen molar-refractivity contribution in [2.45, 2.75) is 65.7 Å². The molecule has 1 aliphatic carbocycles. The molecule has 0 aliphatic heterocycles. The van der Waals surface area contributed by atoms with Gasteiger partial charge in [-0.2, -0.15) is 0 Å². The molecule has 0 amide bonds. The molecule has 1 nitrogen and oxygen atoms in total. The molecule has 1 rings (SSSR count). The highest BCUT2D eigenvalue weighted by atomic mass is 14.8. The second-order valence-corrected chi connectivity index (χ2v) is 5.82. The minimum Gasteiger partial charge on any atom is -0.313 e. The van der Waals surface area contributed by atoms with Crippen molar-refractivity contribution >= 4 is 0 Å². The third kappa shape index (κ3) is 6.26. The Hall–Kier alpha value is -0.300. The van der Waals surface area contributed by atoms with E-state index in [0.29, 0.717) is 5.92 Å². The smallest absolute Gasteiger partial charge is 0.0167 e. The molecule has 0 spiro atoms. The van der Waals surface area contributed by atoms with Crippen LogP contribution in [-0.4, -0.2) is 13.1 Å². The zero-order chi connectivity index (χ0) is 12.5. The summed E-state index contributed by atoms with van der Waals surface area (Å²) in [5.41, 5.74) is 1.63. The fraction of sp³-hybridized carbons (Fsp3) is 0.875. The predicted octanol–water partition coefficient (Wildman–Crippen LogP) is 4.54. The first kappa shape index (κ1) is 14.8. The zero-order valence-corrected chi connectivity index (χ0v) is 12.1. The van der Waals surface area contributed by atoms with E-state index in [4.69, 9.17) is 0 Å². The van der Waals surface area contributed by atoms with Crippen molar-refractivity contribution in [3.8, 4) is 0 Å². The summed E-state index contributed by atoms with van der Waals surface area (Å²) in [6.45, 7) is 9.14. The van der Waals surface area contributed by atoms with E-state index in [1.807, 2.05) is 0 Å². The van der Waals surface area contributed by atoms with Crippen molar-refractivity contribution in [3.05, 3.63) is 11.6 Å². The summed E-state index contributed by atoms with van der Waals surface area (Å²) < 4.78 is 0. The molecule has 0 radical (unpaired) electrons. The molecule has 0 unspecified atom stereocenters. The van der Waals surface area contributed by atoms with Crippen LogP contribution in [0.3, 0.4) is 0 Å². The predicted molar refractivity (Wildman–Crippen MR) is 77.3 cm³/mol. The van der Waals surface area contributed by atoms with E-state index >= 15 is 0 Å². The Morgan fingerprint density at radius 3 is 2.35 bits per heavy atom. The quantitative estimate of drug-likeness (QED) is 0.406.